The molecule has 5 heterocycles. The fourth-order valence-corrected chi connectivity index (χ4v) is 5.01. The van der Waals surface area contributed by atoms with E-state index in [1.807, 2.05) is 42.6 Å². The van der Waals surface area contributed by atoms with Gasteiger partial charge in [0.15, 0.2) is 0 Å². The maximum Gasteiger partial charge on any atom is 0.130 e. The van der Waals surface area contributed by atoms with Gasteiger partial charge < -0.3 is 15.5 Å². The highest BCUT2D eigenvalue weighted by molar-refractivity contribution is 5.89. The van der Waals surface area contributed by atoms with Crippen molar-refractivity contribution in [3.05, 3.63) is 73.3 Å². The van der Waals surface area contributed by atoms with Gasteiger partial charge in [0.1, 0.15) is 11.6 Å². The number of aromatic nitrogens is 4. The molecule has 7 heteroatoms. The molecule has 0 saturated carbocycles. The molecule has 2 saturated heterocycles. The number of pyridine rings is 2. The smallest absolute Gasteiger partial charge is 0.130 e. The molecule has 2 N–H and O–H groups in total. The molecule has 3 aromatic heterocycles. The van der Waals surface area contributed by atoms with Crippen molar-refractivity contribution in [2.75, 3.05) is 36.4 Å². The number of piperidine rings is 1. The highest BCUT2D eigenvalue weighted by Crippen LogP contribution is 2.36. The van der Waals surface area contributed by atoms with Gasteiger partial charge in [0, 0.05) is 74.0 Å². The van der Waals surface area contributed by atoms with Crippen LogP contribution in [0.4, 0.5) is 11.6 Å². The molecule has 2 aliphatic heterocycles. The number of anilines is 2. The van der Waals surface area contributed by atoms with Crippen LogP contribution in [-0.4, -0.2) is 45.9 Å². The van der Waals surface area contributed by atoms with Crippen LogP contribution in [0.5, 0.6) is 0 Å². The highest BCUT2D eigenvalue weighted by atomic mass is 15.2. The minimum Gasteiger partial charge on any atom is -0.357 e. The van der Waals surface area contributed by atoms with Crippen molar-refractivity contribution in [2.45, 2.75) is 12.8 Å². The van der Waals surface area contributed by atoms with E-state index in [0.717, 1.165) is 71.0 Å². The number of hydrogen-bond acceptors (Lipinski definition) is 6. The summed E-state index contributed by atoms with van der Waals surface area (Å²) in [5.41, 5.74) is 4.60. The minimum absolute atomic E-state index is 0.526. The monoisotopic (exact) mass is 451 g/mol. The molecule has 2 aliphatic rings. The first-order valence-corrected chi connectivity index (χ1v) is 11.8. The van der Waals surface area contributed by atoms with E-state index >= 15 is 0 Å². The van der Waals surface area contributed by atoms with E-state index in [9.17, 15) is 0 Å². The molecule has 0 atom stereocenters. The first-order valence-electron chi connectivity index (χ1n) is 11.8. The van der Waals surface area contributed by atoms with E-state index < -0.39 is 0 Å². The van der Waals surface area contributed by atoms with Crippen molar-refractivity contribution in [3.8, 4) is 11.1 Å². The van der Waals surface area contributed by atoms with Gasteiger partial charge in [-0.05, 0) is 53.5 Å². The molecular formula is C27H29N7. The first kappa shape index (κ1) is 20.9. The molecule has 1 spiro atoms. The molecule has 2 fully saturated rings. The molecule has 0 bridgehead atoms. The quantitative estimate of drug-likeness (QED) is 0.471. The van der Waals surface area contributed by atoms with Crippen LogP contribution in [0, 0.1) is 5.41 Å². The molecule has 4 aromatic rings. The maximum absolute atomic E-state index is 4.64. The highest BCUT2D eigenvalue weighted by Gasteiger charge is 2.39. The van der Waals surface area contributed by atoms with Crippen molar-refractivity contribution in [3.63, 3.8) is 0 Å². The lowest BCUT2D eigenvalue weighted by molar-refractivity contribution is 0.126. The van der Waals surface area contributed by atoms with Gasteiger partial charge >= 0.3 is 0 Å². The van der Waals surface area contributed by atoms with Crippen LogP contribution in [0.15, 0.2) is 67.8 Å². The summed E-state index contributed by atoms with van der Waals surface area (Å²) in [5, 5.41) is 13.3. The van der Waals surface area contributed by atoms with Gasteiger partial charge in [0.2, 0.25) is 0 Å². The van der Waals surface area contributed by atoms with Gasteiger partial charge in [-0.3, -0.25) is 4.68 Å². The van der Waals surface area contributed by atoms with Gasteiger partial charge in [0.05, 0.1) is 6.20 Å². The normalized spacial score (nSPS) is 17.0. The van der Waals surface area contributed by atoms with E-state index in [2.05, 4.69) is 67.5 Å². The van der Waals surface area contributed by atoms with Gasteiger partial charge in [-0.15, -0.1) is 0 Å². The van der Waals surface area contributed by atoms with Gasteiger partial charge in [-0.2, -0.15) is 5.10 Å². The predicted octanol–water partition coefficient (Wildman–Crippen LogP) is 4.30. The van der Waals surface area contributed by atoms with Crippen LogP contribution in [-0.2, 0) is 7.05 Å². The first-order chi connectivity index (χ1) is 16.6. The number of hydrogen-bond donors (Lipinski definition) is 2. The standard InChI is InChI=1S/C27H29N7/c1-19(20-5-8-29-26(13-20)34-9-6-27(7-10-34)17-28-18-27)32-25-12-23-11-21(3-4-22(23)14-30-25)24-15-31-33(2)16-24/h3-5,8,11-16,28H,1,6-7,9-10,17-18H2,2H3,(H,30,32). The summed E-state index contributed by atoms with van der Waals surface area (Å²) in [7, 11) is 1.93. The van der Waals surface area contributed by atoms with Crippen LogP contribution in [0.3, 0.4) is 0 Å². The van der Waals surface area contributed by atoms with Crippen LogP contribution < -0.4 is 15.5 Å². The summed E-state index contributed by atoms with van der Waals surface area (Å²) in [6.45, 7) is 8.73. The number of nitrogens with zero attached hydrogens (tertiary/aromatic N) is 5. The molecule has 6 rings (SSSR count). The van der Waals surface area contributed by atoms with Gasteiger partial charge in [-0.1, -0.05) is 18.7 Å². The molecule has 0 aliphatic carbocycles. The lowest BCUT2D eigenvalue weighted by atomic mass is 9.73. The van der Waals surface area contributed by atoms with Gasteiger partial charge in [0.25, 0.3) is 0 Å². The summed E-state index contributed by atoms with van der Waals surface area (Å²) in [4.78, 5) is 11.6. The Morgan fingerprint density at radius 1 is 1.00 bits per heavy atom. The Morgan fingerprint density at radius 2 is 1.85 bits per heavy atom. The van der Waals surface area contributed by atoms with Gasteiger partial charge in [-0.25, -0.2) is 9.97 Å². The molecule has 0 unspecified atom stereocenters. The minimum atomic E-state index is 0.526. The third-order valence-corrected chi connectivity index (χ3v) is 7.28. The lowest BCUT2D eigenvalue weighted by Crippen LogP contribution is -2.58. The van der Waals surface area contributed by atoms with E-state index in [-0.39, 0.29) is 0 Å². The Morgan fingerprint density at radius 3 is 2.59 bits per heavy atom. The molecule has 0 amide bonds. The summed E-state index contributed by atoms with van der Waals surface area (Å²) in [6.07, 6.45) is 10.1. The maximum atomic E-state index is 4.64. The SMILES string of the molecule is C=C(Nc1cc2cc(-c3cnn(C)c3)ccc2cn1)c1ccnc(N2CCC3(CC2)CNC3)c1. The van der Waals surface area contributed by atoms with Crippen LogP contribution in [0.2, 0.25) is 0 Å². The molecule has 34 heavy (non-hydrogen) atoms. The summed E-state index contributed by atoms with van der Waals surface area (Å²) in [5.74, 6) is 1.80. The van der Waals surface area contributed by atoms with Crippen molar-refractivity contribution >= 4 is 28.1 Å². The summed E-state index contributed by atoms with van der Waals surface area (Å²) < 4.78 is 1.82. The van der Waals surface area contributed by atoms with E-state index in [0.29, 0.717) is 5.41 Å². The molecular weight excluding hydrogens is 422 g/mol. The van der Waals surface area contributed by atoms with E-state index in [4.69, 9.17) is 0 Å². The summed E-state index contributed by atoms with van der Waals surface area (Å²) in [6, 6.07) is 12.6. The van der Waals surface area contributed by atoms with E-state index in [1.165, 1.54) is 12.8 Å². The van der Waals surface area contributed by atoms with E-state index in [1.54, 1.807) is 0 Å². The topological polar surface area (TPSA) is 70.9 Å². The average Bonchev–Trinajstić information content (AvgIpc) is 3.29. The Kier molecular flexibility index (Phi) is 5.07. The fraction of sp³-hybridized carbons (Fsp3) is 0.296. The molecule has 0 radical (unpaired) electrons. The zero-order valence-corrected chi connectivity index (χ0v) is 19.5. The third-order valence-electron chi connectivity index (χ3n) is 7.28. The Bertz CT molecular complexity index is 1360. The van der Waals surface area contributed by atoms with Crippen molar-refractivity contribution in [1.29, 1.82) is 0 Å². The Hall–Kier alpha value is -3.71. The number of fused-ring (bicyclic) bond motifs is 1. The fourth-order valence-electron chi connectivity index (χ4n) is 5.01. The average molecular weight is 452 g/mol. The predicted molar refractivity (Wildman–Crippen MR) is 138 cm³/mol. The zero-order valence-electron chi connectivity index (χ0n) is 19.5. The van der Waals surface area contributed by atoms with Crippen molar-refractivity contribution < 1.29 is 0 Å². The zero-order chi connectivity index (χ0) is 23.1. The summed E-state index contributed by atoms with van der Waals surface area (Å²) >= 11 is 0. The molecule has 7 nitrogen and oxygen atoms in total. The number of benzene rings is 1. The van der Waals surface area contributed by atoms with Crippen molar-refractivity contribution in [2.24, 2.45) is 12.5 Å². The number of nitrogens with one attached hydrogen (secondary N) is 2. The molecule has 172 valence electrons. The van der Waals surface area contributed by atoms with Crippen LogP contribution in [0.25, 0.3) is 27.6 Å². The Labute approximate surface area is 199 Å². The third kappa shape index (κ3) is 3.92. The number of aryl methyl sites for hydroxylation is 1. The largest absolute Gasteiger partial charge is 0.357 e. The van der Waals surface area contributed by atoms with Crippen LogP contribution in [0.1, 0.15) is 18.4 Å². The van der Waals surface area contributed by atoms with Crippen LogP contribution >= 0.6 is 0 Å². The number of rotatable bonds is 5. The second-order valence-corrected chi connectivity index (χ2v) is 9.63. The Balaban J connectivity index is 1.19. The lowest BCUT2D eigenvalue weighted by Gasteiger charge is -2.48. The van der Waals surface area contributed by atoms with Crippen molar-refractivity contribution in [1.82, 2.24) is 25.1 Å². The second-order valence-electron chi connectivity index (χ2n) is 9.63. The molecule has 1 aromatic carbocycles. The second kappa shape index (κ2) is 8.25.